The van der Waals surface area contributed by atoms with E-state index in [9.17, 15) is 14.7 Å². The van der Waals surface area contributed by atoms with Gasteiger partial charge in [-0.1, -0.05) is 19.8 Å². The molecule has 1 heterocycles. The van der Waals surface area contributed by atoms with Gasteiger partial charge in [0.05, 0.1) is 25.0 Å². The highest BCUT2D eigenvalue weighted by molar-refractivity contribution is 7.20. The van der Waals surface area contributed by atoms with Crippen molar-refractivity contribution in [3.8, 4) is 11.5 Å². The number of ketones is 1. The number of methoxy groups -OCH3 is 2. The Bertz CT molecular complexity index is 693. The molecule has 0 saturated heterocycles. The van der Waals surface area contributed by atoms with Crippen LogP contribution in [0, 0.1) is 5.92 Å². The summed E-state index contributed by atoms with van der Waals surface area (Å²) in [6, 6.07) is 5.46. The van der Waals surface area contributed by atoms with Gasteiger partial charge in [0.2, 0.25) is 0 Å². The van der Waals surface area contributed by atoms with Crippen molar-refractivity contribution in [2.75, 3.05) is 14.2 Å². The van der Waals surface area contributed by atoms with Gasteiger partial charge in [-0.2, -0.15) is 0 Å². The second-order valence-electron chi connectivity index (χ2n) is 5.66. The number of hydrogen-bond acceptors (Lipinski definition) is 5. The lowest BCUT2D eigenvalue weighted by Gasteiger charge is -2.09. The predicted molar refractivity (Wildman–Crippen MR) is 94.5 cm³/mol. The summed E-state index contributed by atoms with van der Waals surface area (Å²) in [6.45, 7) is 2.01. The maximum Gasteiger partial charge on any atom is 0.306 e. The van der Waals surface area contributed by atoms with Crippen molar-refractivity contribution in [2.24, 2.45) is 5.92 Å². The van der Waals surface area contributed by atoms with Gasteiger partial charge in [0.25, 0.3) is 0 Å². The minimum absolute atomic E-state index is 0.0381. The molecule has 0 fully saturated rings. The number of ether oxygens (including phenoxy) is 2. The van der Waals surface area contributed by atoms with E-state index in [2.05, 4.69) is 0 Å². The molecular formula is C18H22O5S. The molecule has 2 aromatic rings. The van der Waals surface area contributed by atoms with Gasteiger partial charge in [-0.15, -0.1) is 11.3 Å². The molecule has 1 aromatic heterocycles. The Morgan fingerprint density at radius 3 is 2.42 bits per heavy atom. The molecule has 24 heavy (non-hydrogen) atoms. The summed E-state index contributed by atoms with van der Waals surface area (Å²) in [5.74, 6) is -0.434. The third kappa shape index (κ3) is 4.06. The van der Waals surface area contributed by atoms with E-state index < -0.39 is 11.9 Å². The molecule has 0 saturated carbocycles. The highest BCUT2D eigenvalue weighted by Gasteiger charge is 2.23. The highest BCUT2D eigenvalue weighted by Crippen LogP contribution is 2.37. The van der Waals surface area contributed by atoms with E-state index in [1.165, 1.54) is 11.3 Å². The van der Waals surface area contributed by atoms with Crippen LogP contribution >= 0.6 is 11.3 Å². The van der Waals surface area contributed by atoms with Crippen LogP contribution in [0.5, 0.6) is 11.5 Å². The van der Waals surface area contributed by atoms with Gasteiger partial charge < -0.3 is 14.6 Å². The lowest BCUT2D eigenvalue weighted by molar-refractivity contribution is -0.141. The first kappa shape index (κ1) is 18.3. The Morgan fingerprint density at radius 1 is 1.17 bits per heavy atom. The Balaban J connectivity index is 2.24. The largest absolute Gasteiger partial charge is 0.493 e. The molecule has 1 atom stereocenters. The van der Waals surface area contributed by atoms with E-state index in [1.807, 2.05) is 19.1 Å². The monoisotopic (exact) mass is 350 g/mol. The number of carboxylic acids is 1. The van der Waals surface area contributed by atoms with Gasteiger partial charge in [-0.25, -0.2) is 0 Å². The van der Waals surface area contributed by atoms with Gasteiger partial charge >= 0.3 is 5.97 Å². The van der Waals surface area contributed by atoms with Gasteiger partial charge in [-0.05, 0) is 23.9 Å². The lowest BCUT2D eigenvalue weighted by Crippen LogP contribution is -2.17. The second kappa shape index (κ2) is 8.15. The number of hydrogen-bond donors (Lipinski definition) is 1. The Morgan fingerprint density at radius 2 is 1.83 bits per heavy atom. The predicted octanol–water partition coefficient (Wildman–Crippen LogP) is 4.38. The van der Waals surface area contributed by atoms with E-state index in [1.54, 1.807) is 20.3 Å². The lowest BCUT2D eigenvalue weighted by atomic mass is 9.96. The molecule has 0 amide bonds. The minimum atomic E-state index is -0.902. The van der Waals surface area contributed by atoms with Crippen molar-refractivity contribution in [3.63, 3.8) is 0 Å². The molecule has 1 N–H and O–H groups in total. The summed E-state index contributed by atoms with van der Waals surface area (Å²) >= 11 is 1.35. The first-order chi connectivity index (χ1) is 11.5. The quantitative estimate of drug-likeness (QED) is 0.679. The number of aliphatic carboxylic acids is 1. The van der Waals surface area contributed by atoms with Crippen molar-refractivity contribution in [3.05, 3.63) is 23.1 Å². The van der Waals surface area contributed by atoms with Gasteiger partial charge in [0, 0.05) is 17.2 Å². The van der Waals surface area contributed by atoms with E-state index in [0.717, 1.165) is 22.9 Å². The summed E-state index contributed by atoms with van der Waals surface area (Å²) in [5.41, 5.74) is 0. The molecule has 0 spiro atoms. The van der Waals surface area contributed by atoms with Gasteiger partial charge in [-0.3, -0.25) is 9.59 Å². The van der Waals surface area contributed by atoms with Gasteiger partial charge in [0.15, 0.2) is 17.3 Å². The van der Waals surface area contributed by atoms with Crippen molar-refractivity contribution in [1.82, 2.24) is 0 Å². The number of carboxylic acid groups (broad SMARTS) is 1. The van der Waals surface area contributed by atoms with Crippen molar-refractivity contribution in [2.45, 2.75) is 32.6 Å². The number of benzene rings is 1. The first-order valence-electron chi connectivity index (χ1n) is 7.91. The van der Waals surface area contributed by atoms with Crippen LogP contribution in [0.15, 0.2) is 18.2 Å². The average Bonchev–Trinajstić information content (AvgIpc) is 2.99. The zero-order chi connectivity index (χ0) is 17.7. The Labute approximate surface area is 145 Å². The van der Waals surface area contributed by atoms with Crippen LogP contribution < -0.4 is 9.47 Å². The summed E-state index contributed by atoms with van der Waals surface area (Å²) in [5, 5.41) is 10.2. The molecule has 1 unspecified atom stereocenters. The normalized spacial score (nSPS) is 12.1. The topological polar surface area (TPSA) is 72.8 Å². The van der Waals surface area contributed by atoms with Crippen molar-refractivity contribution < 1.29 is 24.2 Å². The van der Waals surface area contributed by atoms with Crippen LogP contribution in [0.25, 0.3) is 10.1 Å². The smallest absolute Gasteiger partial charge is 0.306 e. The van der Waals surface area contributed by atoms with Crippen LogP contribution in [0.4, 0.5) is 0 Å². The molecule has 6 heteroatoms. The van der Waals surface area contributed by atoms with Crippen molar-refractivity contribution in [1.29, 1.82) is 0 Å². The molecule has 0 aliphatic heterocycles. The van der Waals surface area contributed by atoms with Crippen LogP contribution in [0.3, 0.4) is 0 Å². The number of unbranched alkanes of at least 4 members (excludes halogenated alkanes) is 1. The molecule has 0 bridgehead atoms. The molecule has 5 nitrogen and oxygen atoms in total. The highest BCUT2D eigenvalue weighted by atomic mass is 32.1. The Hall–Kier alpha value is -2.08. The summed E-state index contributed by atoms with van der Waals surface area (Å²) in [6.07, 6.45) is 2.30. The van der Waals surface area contributed by atoms with E-state index in [0.29, 0.717) is 22.8 Å². The maximum atomic E-state index is 12.5. The van der Waals surface area contributed by atoms with Crippen LogP contribution in [0.1, 0.15) is 42.3 Å². The first-order valence-corrected chi connectivity index (χ1v) is 8.73. The number of rotatable bonds is 9. The van der Waals surface area contributed by atoms with Crippen LogP contribution in [-0.2, 0) is 4.79 Å². The van der Waals surface area contributed by atoms with Crippen LogP contribution in [-0.4, -0.2) is 31.1 Å². The number of carbonyl (C=O) groups is 2. The zero-order valence-electron chi connectivity index (χ0n) is 14.1. The Kier molecular flexibility index (Phi) is 6.20. The summed E-state index contributed by atoms with van der Waals surface area (Å²) in [4.78, 5) is 24.4. The number of fused-ring (bicyclic) bond motifs is 1. The summed E-state index contributed by atoms with van der Waals surface area (Å²) < 4.78 is 11.5. The number of thiophene rings is 1. The molecule has 0 aliphatic rings. The molecule has 130 valence electrons. The molecule has 0 radical (unpaired) electrons. The maximum absolute atomic E-state index is 12.5. The fraction of sp³-hybridized carbons (Fsp3) is 0.444. The van der Waals surface area contributed by atoms with Crippen LogP contribution in [0.2, 0.25) is 0 Å². The van der Waals surface area contributed by atoms with Crippen molar-refractivity contribution >= 4 is 33.2 Å². The van der Waals surface area contributed by atoms with E-state index in [4.69, 9.17) is 9.47 Å². The molecular weight excluding hydrogens is 328 g/mol. The second-order valence-corrected chi connectivity index (χ2v) is 6.74. The van der Waals surface area contributed by atoms with Gasteiger partial charge in [0.1, 0.15) is 0 Å². The van der Waals surface area contributed by atoms with E-state index >= 15 is 0 Å². The third-order valence-electron chi connectivity index (χ3n) is 3.98. The fourth-order valence-electron chi connectivity index (χ4n) is 2.59. The minimum Gasteiger partial charge on any atom is -0.493 e. The van der Waals surface area contributed by atoms with E-state index in [-0.39, 0.29) is 12.2 Å². The molecule has 1 aromatic carbocycles. The standard InChI is InChI=1S/C18H22O5S/c1-4-5-6-11(18(20)21)7-13(19)17-9-12-8-14(22-2)15(23-3)10-16(12)24-17/h8-11H,4-7H2,1-3H3,(H,20,21). The summed E-state index contributed by atoms with van der Waals surface area (Å²) in [7, 11) is 3.13. The molecule has 2 rings (SSSR count). The zero-order valence-corrected chi connectivity index (χ0v) is 14.9. The number of carbonyl (C=O) groups excluding carboxylic acids is 1. The SMILES string of the molecule is CCCCC(CC(=O)c1cc2cc(OC)c(OC)cc2s1)C(=O)O. The number of Topliss-reactive ketones (excluding diaryl/α,β-unsaturated/α-hetero) is 1. The third-order valence-corrected chi connectivity index (χ3v) is 5.12. The fourth-order valence-corrected chi connectivity index (χ4v) is 3.61. The molecule has 0 aliphatic carbocycles. The average molecular weight is 350 g/mol.